The predicted octanol–water partition coefficient (Wildman–Crippen LogP) is 1.39. The second-order valence-corrected chi connectivity index (χ2v) is 7.64. The first kappa shape index (κ1) is 19.5. The van der Waals surface area contributed by atoms with Gasteiger partial charge in [0.25, 0.3) is 0 Å². The summed E-state index contributed by atoms with van der Waals surface area (Å²) in [6.45, 7) is 3.40. The first-order valence-electron chi connectivity index (χ1n) is 9.45. The molecule has 0 unspecified atom stereocenters. The van der Waals surface area contributed by atoms with E-state index in [9.17, 15) is 9.59 Å². The van der Waals surface area contributed by atoms with Crippen LogP contribution in [0.5, 0.6) is 11.5 Å². The zero-order valence-electron chi connectivity index (χ0n) is 16.2. The number of carbonyl (C=O) groups excluding carboxylic acids is 2. The van der Waals surface area contributed by atoms with Gasteiger partial charge >= 0.3 is 0 Å². The summed E-state index contributed by atoms with van der Waals surface area (Å²) in [6.07, 6.45) is 3.44. The lowest BCUT2D eigenvalue weighted by atomic mass is 9.72. The fourth-order valence-electron chi connectivity index (χ4n) is 4.35. The van der Waals surface area contributed by atoms with Crippen molar-refractivity contribution in [2.75, 3.05) is 40.4 Å². The number of benzene rings is 1. The zero-order valence-corrected chi connectivity index (χ0v) is 16.2. The number of hydrogen-bond donors (Lipinski definition) is 1. The van der Waals surface area contributed by atoms with Gasteiger partial charge in [0.1, 0.15) is 0 Å². The Morgan fingerprint density at radius 1 is 1.19 bits per heavy atom. The molecule has 2 fully saturated rings. The molecule has 0 aromatic heterocycles. The maximum Gasteiger partial charge on any atom is 0.237 e. The van der Waals surface area contributed by atoms with Crippen LogP contribution in [0.15, 0.2) is 18.2 Å². The van der Waals surface area contributed by atoms with Crippen molar-refractivity contribution in [2.24, 2.45) is 11.1 Å². The molecule has 2 heterocycles. The Hall–Kier alpha value is -2.28. The molecule has 2 amide bonds. The van der Waals surface area contributed by atoms with Crippen molar-refractivity contribution < 1.29 is 19.1 Å². The van der Waals surface area contributed by atoms with Gasteiger partial charge in [-0.05, 0) is 43.8 Å². The van der Waals surface area contributed by atoms with Crippen molar-refractivity contribution in [1.82, 2.24) is 9.80 Å². The fourth-order valence-corrected chi connectivity index (χ4v) is 4.35. The van der Waals surface area contributed by atoms with E-state index in [0.29, 0.717) is 13.0 Å². The van der Waals surface area contributed by atoms with Gasteiger partial charge in [-0.2, -0.15) is 0 Å². The van der Waals surface area contributed by atoms with Gasteiger partial charge in [-0.3, -0.25) is 14.5 Å². The molecule has 0 aliphatic carbocycles. The summed E-state index contributed by atoms with van der Waals surface area (Å²) in [4.78, 5) is 27.4. The number of nitrogens with zero attached hydrogens (tertiary/aromatic N) is 2. The smallest absolute Gasteiger partial charge is 0.237 e. The summed E-state index contributed by atoms with van der Waals surface area (Å²) < 4.78 is 10.9. The normalized spacial score (nSPS) is 19.9. The highest BCUT2D eigenvalue weighted by Gasteiger charge is 2.41. The third-order valence-electron chi connectivity index (χ3n) is 5.89. The van der Waals surface area contributed by atoms with Gasteiger partial charge in [0.15, 0.2) is 11.5 Å². The van der Waals surface area contributed by atoms with E-state index in [2.05, 4.69) is 11.0 Å². The first-order chi connectivity index (χ1) is 13.0. The molecule has 0 bridgehead atoms. The fraction of sp³-hybridized carbons (Fsp3) is 0.600. The second-order valence-electron chi connectivity index (χ2n) is 7.64. The molecule has 1 aromatic rings. The second kappa shape index (κ2) is 8.17. The highest BCUT2D eigenvalue weighted by atomic mass is 16.5. The maximum atomic E-state index is 12.1. The van der Waals surface area contributed by atoms with E-state index in [1.807, 2.05) is 12.1 Å². The molecule has 0 radical (unpaired) electrons. The van der Waals surface area contributed by atoms with E-state index in [0.717, 1.165) is 56.0 Å². The van der Waals surface area contributed by atoms with Gasteiger partial charge in [-0.15, -0.1) is 0 Å². The molecular weight excluding hydrogens is 346 g/mol. The van der Waals surface area contributed by atoms with Crippen molar-refractivity contribution in [2.45, 2.75) is 32.2 Å². The summed E-state index contributed by atoms with van der Waals surface area (Å²) in [5.41, 5.74) is 6.52. The number of carbonyl (C=O) groups is 2. The molecule has 1 aromatic carbocycles. The molecule has 7 nitrogen and oxygen atoms in total. The van der Waals surface area contributed by atoms with Gasteiger partial charge in [-0.1, -0.05) is 12.1 Å². The third-order valence-corrected chi connectivity index (χ3v) is 5.89. The summed E-state index contributed by atoms with van der Waals surface area (Å²) >= 11 is 0. The molecular formula is C20H29N3O4. The summed E-state index contributed by atoms with van der Waals surface area (Å²) in [5, 5.41) is 0. The van der Waals surface area contributed by atoms with Gasteiger partial charge < -0.3 is 20.1 Å². The molecule has 2 aliphatic heterocycles. The predicted molar refractivity (Wildman–Crippen MR) is 101 cm³/mol. The summed E-state index contributed by atoms with van der Waals surface area (Å²) in [5.74, 6) is 1.14. The van der Waals surface area contributed by atoms with E-state index in [1.54, 1.807) is 19.1 Å². The van der Waals surface area contributed by atoms with Crippen molar-refractivity contribution in [1.29, 1.82) is 0 Å². The van der Waals surface area contributed by atoms with Crippen molar-refractivity contribution >= 4 is 11.8 Å². The number of rotatable bonds is 6. The van der Waals surface area contributed by atoms with Crippen LogP contribution in [0.25, 0.3) is 0 Å². The molecule has 2 saturated heterocycles. The number of nitrogens with two attached hydrogens (primary N) is 1. The van der Waals surface area contributed by atoms with Crippen LogP contribution in [0.3, 0.4) is 0 Å². The number of methoxy groups -OCH3 is 2. The van der Waals surface area contributed by atoms with Crippen LogP contribution < -0.4 is 15.2 Å². The minimum atomic E-state index is -0.442. The van der Waals surface area contributed by atoms with Crippen LogP contribution in [0.1, 0.15) is 31.2 Å². The molecule has 148 valence electrons. The quantitative estimate of drug-likeness (QED) is 0.812. The van der Waals surface area contributed by atoms with Crippen LogP contribution in [-0.2, 0) is 16.1 Å². The first-order valence-corrected chi connectivity index (χ1v) is 9.45. The van der Waals surface area contributed by atoms with Crippen LogP contribution in [0.4, 0.5) is 0 Å². The van der Waals surface area contributed by atoms with Gasteiger partial charge in [0, 0.05) is 25.1 Å². The number of para-hydroxylation sites is 1. The number of primary amides is 1. The Labute approximate surface area is 160 Å². The van der Waals surface area contributed by atoms with E-state index in [-0.39, 0.29) is 17.9 Å². The lowest BCUT2D eigenvalue weighted by Crippen LogP contribution is -2.53. The molecule has 7 heteroatoms. The topological polar surface area (TPSA) is 85.1 Å². The van der Waals surface area contributed by atoms with Crippen molar-refractivity contribution in [3.63, 3.8) is 0 Å². The molecule has 27 heavy (non-hydrogen) atoms. The van der Waals surface area contributed by atoms with E-state index in [4.69, 9.17) is 15.2 Å². The van der Waals surface area contributed by atoms with Crippen LogP contribution in [0.2, 0.25) is 0 Å². The minimum absolute atomic E-state index is 0.0330. The molecule has 2 N–H and O–H groups in total. The van der Waals surface area contributed by atoms with E-state index < -0.39 is 5.91 Å². The minimum Gasteiger partial charge on any atom is -0.493 e. The molecule has 1 spiro atoms. The largest absolute Gasteiger partial charge is 0.493 e. The lowest BCUT2D eigenvalue weighted by Gasteiger charge is -2.47. The Morgan fingerprint density at radius 3 is 2.56 bits per heavy atom. The monoisotopic (exact) mass is 375 g/mol. The number of amides is 2. The highest BCUT2D eigenvalue weighted by molar-refractivity contribution is 5.84. The Kier molecular flexibility index (Phi) is 5.89. The average molecular weight is 375 g/mol. The molecule has 0 atom stereocenters. The van der Waals surface area contributed by atoms with Crippen LogP contribution >= 0.6 is 0 Å². The van der Waals surface area contributed by atoms with Crippen molar-refractivity contribution in [3.05, 3.63) is 23.8 Å². The summed E-state index contributed by atoms with van der Waals surface area (Å²) in [6, 6.07) is 5.95. The lowest BCUT2D eigenvalue weighted by molar-refractivity contribution is -0.142. The molecule has 3 rings (SSSR count). The maximum absolute atomic E-state index is 12.1. The van der Waals surface area contributed by atoms with Gasteiger partial charge in [0.2, 0.25) is 11.8 Å². The van der Waals surface area contributed by atoms with E-state index >= 15 is 0 Å². The Morgan fingerprint density at radius 2 is 1.93 bits per heavy atom. The Balaban J connectivity index is 1.62. The third kappa shape index (κ3) is 4.35. The number of hydrogen-bond acceptors (Lipinski definition) is 5. The van der Waals surface area contributed by atoms with Gasteiger partial charge in [0.05, 0.1) is 20.8 Å². The SMILES string of the molecule is COc1cccc(CN2CCC3(CCC(=O)N(CC(N)=O)C3)CC2)c1OC. The number of likely N-dealkylation sites (tertiary alicyclic amines) is 2. The zero-order chi connectivity index (χ0) is 19.4. The van der Waals surface area contributed by atoms with Crippen LogP contribution in [0, 0.1) is 5.41 Å². The van der Waals surface area contributed by atoms with Crippen molar-refractivity contribution in [3.8, 4) is 11.5 Å². The molecule has 0 saturated carbocycles. The number of piperidine rings is 2. The van der Waals surface area contributed by atoms with Gasteiger partial charge in [-0.25, -0.2) is 0 Å². The van der Waals surface area contributed by atoms with E-state index in [1.165, 1.54) is 0 Å². The Bertz CT molecular complexity index is 698. The summed E-state index contributed by atoms with van der Waals surface area (Å²) in [7, 11) is 3.31. The molecule has 2 aliphatic rings. The van der Waals surface area contributed by atoms with Crippen LogP contribution in [-0.4, -0.2) is 62.0 Å². The standard InChI is InChI=1S/C20H29N3O4/c1-26-16-5-3-4-15(19(16)27-2)12-22-10-8-20(9-11-22)7-6-18(25)23(14-20)13-17(21)24/h3-5H,6-14H2,1-2H3,(H2,21,24). The average Bonchev–Trinajstić information content (AvgIpc) is 2.66. The number of ether oxygens (including phenoxy) is 2. The highest BCUT2D eigenvalue weighted by Crippen LogP contribution is 2.41.